The van der Waals surface area contributed by atoms with Gasteiger partial charge in [-0.2, -0.15) is 0 Å². The lowest BCUT2D eigenvalue weighted by atomic mass is 10.2. The summed E-state index contributed by atoms with van der Waals surface area (Å²) in [4.78, 5) is 36.4. The van der Waals surface area contributed by atoms with Gasteiger partial charge in [0.2, 0.25) is 5.91 Å². The van der Waals surface area contributed by atoms with Crippen LogP contribution in [-0.4, -0.2) is 17.7 Å². The summed E-state index contributed by atoms with van der Waals surface area (Å²) in [5.74, 6) is -0.967. The van der Waals surface area contributed by atoms with E-state index in [2.05, 4.69) is 0 Å². The van der Waals surface area contributed by atoms with E-state index in [-0.39, 0.29) is 29.9 Å². The Labute approximate surface area is 131 Å². The summed E-state index contributed by atoms with van der Waals surface area (Å²) in [6, 6.07) is 9.67. The molecule has 114 valence electrons. The maximum Gasteiger partial charge on any atom is 0.311 e. The Kier molecular flexibility index (Phi) is 5.06. The van der Waals surface area contributed by atoms with Crippen LogP contribution in [0.3, 0.4) is 0 Å². The molecule has 1 heterocycles. The minimum atomic E-state index is -0.596. The molecule has 0 bridgehead atoms. The highest BCUT2D eigenvalue weighted by Crippen LogP contribution is 2.18. The minimum Gasteiger partial charge on any atom is -0.426 e. The maximum absolute atomic E-state index is 11.9. The first-order valence-electron chi connectivity index (χ1n) is 6.66. The van der Waals surface area contributed by atoms with Gasteiger partial charge in [-0.3, -0.25) is 14.4 Å². The fourth-order valence-corrected chi connectivity index (χ4v) is 2.65. The van der Waals surface area contributed by atoms with E-state index < -0.39 is 11.9 Å². The molecule has 2 rings (SSSR count). The molecule has 0 radical (unpaired) electrons. The Hall–Kier alpha value is -2.47. The number of rotatable bonds is 6. The first-order valence-corrected chi connectivity index (χ1v) is 7.47. The van der Waals surface area contributed by atoms with Gasteiger partial charge >= 0.3 is 5.97 Å². The number of aryl methyl sites for hydroxylation is 1. The Morgan fingerprint density at radius 3 is 2.55 bits per heavy atom. The van der Waals surface area contributed by atoms with Crippen LogP contribution >= 0.6 is 11.3 Å². The largest absolute Gasteiger partial charge is 0.426 e. The highest BCUT2D eigenvalue weighted by atomic mass is 32.1. The highest BCUT2D eigenvalue weighted by molar-refractivity contribution is 7.14. The molecule has 0 saturated heterocycles. The van der Waals surface area contributed by atoms with Crippen LogP contribution in [0.4, 0.5) is 0 Å². The summed E-state index contributed by atoms with van der Waals surface area (Å²) in [5, 5.41) is 0. The molecule has 1 aromatic carbocycles. The van der Waals surface area contributed by atoms with E-state index in [0.29, 0.717) is 4.88 Å². The summed E-state index contributed by atoms with van der Waals surface area (Å²) in [6.45, 7) is 1.92. The summed E-state index contributed by atoms with van der Waals surface area (Å²) >= 11 is 1.40. The van der Waals surface area contributed by atoms with Gasteiger partial charge in [-0.05, 0) is 37.3 Å². The van der Waals surface area contributed by atoms with Crippen molar-refractivity contribution < 1.29 is 19.1 Å². The van der Waals surface area contributed by atoms with Crippen molar-refractivity contribution in [1.82, 2.24) is 0 Å². The minimum absolute atomic E-state index is 0.0173. The average Bonchev–Trinajstić information content (AvgIpc) is 2.91. The predicted octanol–water partition coefficient (Wildman–Crippen LogP) is 2.72. The number of Topliss-reactive ketones (excluding diaryl/α,β-unsaturated/α-hetero) is 1. The van der Waals surface area contributed by atoms with Crippen LogP contribution in [0.15, 0.2) is 36.4 Å². The Bertz CT molecular complexity index is 720. The summed E-state index contributed by atoms with van der Waals surface area (Å²) in [7, 11) is 0. The third kappa shape index (κ3) is 4.26. The van der Waals surface area contributed by atoms with Gasteiger partial charge in [-0.15, -0.1) is 11.3 Å². The van der Waals surface area contributed by atoms with Gasteiger partial charge in [0.05, 0.1) is 11.3 Å². The predicted molar refractivity (Wildman–Crippen MR) is 83.2 cm³/mol. The number of hydrogen-bond acceptors (Lipinski definition) is 5. The lowest BCUT2D eigenvalue weighted by Crippen LogP contribution is -2.13. The highest BCUT2D eigenvalue weighted by Gasteiger charge is 2.13. The molecule has 0 aliphatic heterocycles. The van der Waals surface area contributed by atoms with Gasteiger partial charge in [-0.25, -0.2) is 0 Å². The van der Waals surface area contributed by atoms with E-state index in [0.717, 1.165) is 4.88 Å². The molecule has 0 aliphatic rings. The average molecular weight is 317 g/mol. The van der Waals surface area contributed by atoms with Gasteiger partial charge in [-0.1, -0.05) is 6.07 Å². The molecule has 1 amide bonds. The summed E-state index contributed by atoms with van der Waals surface area (Å²) in [5.41, 5.74) is 5.41. The lowest BCUT2D eigenvalue weighted by Gasteiger charge is -2.05. The van der Waals surface area contributed by atoms with Crippen LogP contribution in [0, 0.1) is 6.92 Å². The number of nitrogens with two attached hydrogens (primary N) is 1. The van der Waals surface area contributed by atoms with Gasteiger partial charge in [0.1, 0.15) is 5.75 Å². The van der Waals surface area contributed by atoms with E-state index in [1.165, 1.54) is 23.5 Å². The van der Waals surface area contributed by atoms with E-state index in [4.69, 9.17) is 10.5 Å². The Morgan fingerprint density at radius 2 is 1.91 bits per heavy atom. The lowest BCUT2D eigenvalue weighted by molar-refractivity contribution is -0.134. The molecule has 5 nitrogen and oxygen atoms in total. The smallest absolute Gasteiger partial charge is 0.311 e. The number of hydrogen-bond donors (Lipinski definition) is 1. The van der Waals surface area contributed by atoms with Crippen molar-refractivity contribution in [2.45, 2.75) is 19.8 Å². The standard InChI is InChI=1S/C16H15NO4S/c1-10-5-7-14(22-10)13(18)6-8-15(19)21-12-4-2-3-11(9-12)16(17)20/h2-5,7,9H,6,8H2,1H3,(H2,17,20). The normalized spacial score (nSPS) is 10.2. The van der Waals surface area contributed by atoms with Crippen molar-refractivity contribution in [2.24, 2.45) is 5.73 Å². The van der Waals surface area contributed by atoms with Crippen molar-refractivity contribution in [3.05, 3.63) is 51.7 Å². The van der Waals surface area contributed by atoms with Crippen LogP contribution in [0.5, 0.6) is 5.75 Å². The van der Waals surface area contributed by atoms with E-state index >= 15 is 0 Å². The molecule has 1 aromatic heterocycles. The zero-order valence-corrected chi connectivity index (χ0v) is 12.8. The van der Waals surface area contributed by atoms with Crippen molar-refractivity contribution in [2.75, 3.05) is 0 Å². The third-order valence-corrected chi connectivity index (χ3v) is 3.96. The molecule has 22 heavy (non-hydrogen) atoms. The van der Waals surface area contributed by atoms with E-state index in [1.807, 2.05) is 13.0 Å². The first-order chi connectivity index (χ1) is 10.5. The van der Waals surface area contributed by atoms with E-state index in [9.17, 15) is 14.4 Å². The maximum atomic E-state index is 11.9. The molecule has 2 N–H and O–H groups in total. The molecule has 0 unspecified atom stereocenters. The number of esters is 1. The van der Waals surface area contributed by atoms with Crippen molar-refractivity contribution in [1.29, 1.82) is 0 Å². The summed E-state index contributed by atoms with van der Waals surface area (Å²) in [6.07, 6.45) is 0.0743. The molecular weight excluding hydrogens is 302 g/mol. The van der Waals surface area contributed by atoms with Crippen LogP contribution in [-0.2, 0) is 4.79 Å². The number of amides is 1. The van der Waals surface area contributed by atoms with E-state index in [1.54, 1.807) is 18.2 Å². The molecular formula is C16H15NO4S. The molecule has 0 atom stereocenters. The SMILES string of the molecule is Cc1ccc(C(=O)CCC(=O)Oc2cccc(C(N)=O)c2)s1. The number of thiophene rings is 1. The fourth-order valence-electron chi connectivity index (χ4n) is 1.82. The zero-order valence-electron chi connectivity index (χ0n) is 12.0. The zero-order chi connectivity index (χ0) is 16.1. The van der Waals surface area contributed by atoms with Crippen LogP contribution in [0.2, 0.25) is 0 Å². The Morgan fingerprint density at radius 1 is 1.14 bits per heavy atom. The molecule has 0 aliphatic carbocycles. The molecule has 6 heteroatoms. The van der Waals surface area contributed by atoms with Crippen LogP contribution < -0.4 is 10.5 Å². The van der Waals surface area contributed by atoms with Gasteiger partial charge < -0.3 is 10.5 Å². The van der Waals surface area contributed by atoms with Crippen molar-refractivity contribution >= 4 is 29.0 Å². The number of primary amides is 1. The number of ketones is 1. The van der Waals surface area contributed by atoms with Crippen LogP contribution in [0.1, 0.15) is 37.7 Å². The Balaban J connectivity index is 1.89. The van der Waals surface area contributed by atoms with Crippen molar-refractivity contribution in [3.63, 3.8) is 0 Å². The quantitative estimate of drug-likeness (QED) is 0.504. The number of benzene rings is 1. The first kappa shape index (κ1) is 15.9. The number of carbonyl (C=O) groups is 3. The molecule has 0 spiro atoms. The number of carbonyl (C=O) groups excluding carboxylic acids is 3. The van der Waals surface area contributed by atoms with Crippen LogP contribution in [0.25, 0.3) is 0 Å². The molecule has 0 saturated carbocycles. The molecule has 2 aromatic rings. The second-order valence-corrected chi connectivity index (χ2v) is 5.99. The third-order valence-electron chi connectivity index (χ3n) is 2.92. The topological polar surface area (TPSA) is 86.5 Å². The summed E-state index contributed by atoms with van der Waals surface area (Å²) < 4.78 is 5.10. The monoisotopic (exact) mass is 317 g/mol. The van der Waals surface area contributed by atoms with Gasteiger partial charge in [0.15, 0.2) is 5.78 Å². The van der Waals surface area contributed by atoms with Gasteiger partial charge in [0, 0.05) is 16.9 Å². The van der Waals surface area contributed by atoms with Crippen molar-refractivity contribution in [3.8, 4) is 5.75 Å². The second kappa shape index (κ2) is 7.00. The fraction of sp³-hybridized carbons (Fsp3) is 0.188. The second-order valence-electron chi connectivity index (χ2n) is 4.70. The number of ether oxygens (including phenoxy) is 1. The molecule has 0 fully saturated rings. The van der Waals surface area contributed by atoms with Gasteiger partial charge in [0.25, 0.3) is 0 Å².